The Labute approximate surface area is 84.1 Å². The topological polar surface area (TPSA) is 62.7 Å². The number of hydrogen-bond donors (Lipinski definition) is 1. The predicted octanol–water partition coefficient (Wildman–Crippen LogP) is 2.32. The molecule has 0 aliphatic heterocycles. The standard InChI is InChI=1S/C8H6ClF2N3/c9-7-5(8(10)11)6(13)4(1-2-12)3-14-7/h3,8H,1H2,(H2,13,14). The third-order valence-electron chi connectivity index (χ3n) is 1.68. The molecule has 0 aliphatic carbocycles. The van der Waals surface area contributed by atoms with Crippen LogP contribution in [-0.4, -0.2) is 4.98 Å². The first-order valence-electron chi connectivity index (χ1n) is 3.65. The van der Waals surface area contributed by atoms with Gasteiger partial charge in [-0.3, -0.25) is 0 Å². The predicted molar refractivity (Wildman–Crippen MR) is 47.9 cm³/mol. The molecule has 2 N–H and O–H groups in total. The minimum atomic E-state index is -2.78. The van der Waals surface area contributed by atoms with Crippen LogP contribution in [0.3, 0.4) is 0 Å². The Morgan fingerprint density at radius 3 is 2.79 bits per heavy atom. The van der Waals surface area contributed by atoms with Crippen molar-refractivity contribution in [1.29, 1.82) is 5.26 Å². The molecule has 1 rings (SSSR count). The van der Waals surface area contributed by atoms with E-state index >= 15 is 0 Å². The van der Waals surface area contributed by atoms with E-state index in [1.807, 2.05) is 0 Å². The van der Waals surface area contributed by atoms with Gasteiger partial charge in [0, 0.05) is 17.4 Å². The minimum Gasteiger partial charge on any atom is -0.398 e. The van der Waals surface area contributed by atoms with Crippen molar-refractivity contribution in [2.75, 3.05) is 5.73 Å². The van der Waals surface area contributed by atoms with Crippen molar-refractivity contribution in [2.45, 2.75) is 12.8 Å². The van der Waals surface area contributed by atoms with Crippen molar-refractivity contribution in [3.05, 3.63) is 22.5 Å². The van der Waals surface area contributed by atoms with E-state index in [2.05, 4.69) is 4.98 Å². The number of aromatic nitrogens is 1. The zero-order valence-corrected chi connectivity index (χ0v) is 7.72. The van der Waals surface area contributed by atoms with E-state index in [9.17, 15) is 8.78 Å². The number of nitrogens with two attached hydrogens (primary N) is 1. The van der Waals surface area contributed by atoms with Gasteiger partial charge in [-0.2, -0.15) is 5.26 Å². The third kappa shape index (κ3) is 1.91. The van der Waals surface area contributed by atoms with E-state index in [0.717, 1.165) is 0 Å². The molecule has 0 aliphatic rings. The van der Waals surface area contributed by atoms with Crippen molar-refractivity contribution in [3.63, 3.8) is 0 Å². The van der Waals surface area contributed by atoms with Crippen molar-refractivity contribution in [2.24, 2.45) is 0 Å². The van der Waals surface area contributed by atoms with E-state index < -0.39 is 12.0 Å². The zero-order valence-electron chi connectivity index (χ0n) is 6.97. The van der Waals surface area contributed by atoms with Crippen LogP contribution in [0.1, 0.15) is 17.6 Å². The molecular formula is C8H6ClF2N3. The summed E-state index contributed by atoms with van der Waals surface area (Å²) in [5.74, 6) is 0. The van der Waals surface area contributed by atoms with Crippen molar-refractivity contribution >= 4 is 17.3 Å². The molecular weight excluding hydrogens is 212 g/mol. The summed E-state index contributed by atoms with van der Waals surface area (Å²) in [6.07, 6.45) is -1.61. The van der Waals surface area contributed by atoms with Crippen LogP contribution in [0.2, 0.25) is 5.15 Å². The Hall–Kier alpha value is -1.41. The van der Waals surface area contributed by atoms with Gasteiger partial charge in [-0.05, 0) is 0 Å². The monoisotopic (exact) mass is 217 g/mol. The smallest absolute Gasteiger partial charge is 0.268 e. The van der Waals surface area contributed by atoms with E-state index in [0.29, 0.717) is 0 Å². The largest absolute Gasteiger partial charge is 0.398 e. The average molecular weight is 218 g/mol. The second-order valence-electron chi connectivity index (χ2n) is 2.54. The Balaban J connectivity index is 3.28. The molecule has 74 valence electrons. The number of alkyl halides is 2. The first kappa shape index (κ1) is 10.7. The summed E-state index contributed by atoms with van der Waals surface area (Å²) >= 11 is 5.44. The molecule has 6 heteroatoms. The fourth-order valence-corrected chi connectivity index (χ4v) is 1.22. The quantitative estimate of drug-likeness (QED) is 0.774. The Morgan fingerprint density at radius 1 is 1.64 bits per heavy atom. The number of halogens is 3. The van der Waals surface area contributed by atoms with Crippen molar-refractivity contribution < 1.29 is 8.78 Å². The molecule has 3 nitrogen and oxygen atoms in total. The number of pyridine rings is 1. The van der Waals surface area contributed by atoms with E-state index in [1.165, 1.54) is 6.20 Å². The van der Waals surface area contributed by atoms with Crippen LogP contribution in [0.15, 0.2) is 6.20 Å². The number of anilines is 1. The molecule has 0 atom stereocenters. The highest BCUT2D eigenvalue weighted by Gasteiger charge is 2.19. The summed E-state index contributed by atoms with van der Waals surface area (Å²) < 4.78 is 24.8. The van der Waals surface area contributed by atoms with Gasteiger partial charge in [0.05, 0.1) is 18.1 Å². The summed E-state index contributed by atoms with van der Waals surface area (Å²) in [5.41, 5.74) is 5.03. The maximum atomic E-state index is 12.4. The van der Waals surface area contributed by atoms with Gasteiger partial charge in [0.2, 0.25) is 0 Å². The number of rotatable bonds is 2. The molecule has 0 amide bonds. The van der Waals surface area contributed by atoms with Crippen LogP contribution >= 0.6 is 11.6 Å². The van der Waals surface area contributed by atoms with Gasteiger partial charge >= 0.3 is 0 Å². The molecule has 0 saturated heterocycles. The molecule has 0 aromatic carbocycles. The fourth-order valence-electron chi connectivity index (χ4n) is 0.991. The average Bonchev–Trinajstić information content (AvgIpc) is 2.10. The van der Waals surface area contributed by atoms with Crippen molar-refractivity contribution in [1.82, 2.24) is 4.98 Å². The Kier molecular flexibility index (Phi) is 3.20. The molecule has 0 unspecified atom stereocenters. The lowest BCUT2D eigenvalue weighted by molar-refractivity contribution is 0.152. The number of nitriles is 1. The van der Waals surface area contributed by atoms with Gasteiger partial charge in [0.1, 0.15) is 5.15 Å². The van der Waals surface area contributed by atoms with Gasteiger partial charge < -0.3 is 5.73 Å². The van der Waals surface area contributed by atoms with Crippen LogP contribution < -0.4 is 5.73 Å². The van der Waals surface area contributed by atoms with Crippen LogP contribution in [0, 0.1) is 11.3 Å². The van der Waals surface area contributed by atoms with Crippen LogP contribution in [-0.2, 0) is 6.42 Å². The Bertz CT molecular complexity index is 387. The molecule has 14 heavy (non-hydrogen) atoms. The molecule has 1 aromatic rings. The van der Waals surface area contributed by atoms with Crippen LogP contribution in [0.25, 0.3) is 0 Å². The van der Waals surface area contributed by atoms with Gasteiger partial charge in [-0.1, -0.05) is 11.6 Å². The van der Waals surface area contributed by atoms with E-state index in [-0.39, 0.29) is 22.8 Å². The van der Waals surface area contributed by atoms with Gasteiger partial charge in [-0.25, -0.2) is 13.8 Å². The summed E-state index contributed by atoms with van der Waals surface area (Å²) in [7, 11) is 0. The normalized spacial score (nSPS) is 10.2. The lowest BCUT2D eigenvalue weighted by atomic mass is 10.1. The highest BCUT2D eigenvalue weighted by Crippen LogP contribution is 2.32. The molecule has 0 bridgehead atoms. The summed E-state index contributed by atoms with van der Waals surface area (Å²) in [5, 5.41) is 8.07. The van der Waals surface area contributed by atoms with Gasteiger partial charge in [0.25, 0.3) is 6.43 Å². The second kappa shape index (κ2) is 4.20. The SMILES string of the molecule is N#CCc1cnc(Cl)c(C(F)F)c1N. The van der Waals surface area contributed by atoms with E-state index in [1.54, 1.807) is 6.07 Å². The maximum absolute atomic E-state index is 12.4. The highest BCUT2D eigenvalue weighted by molar-refractivity contribution is 6.30. The first-order valence-corrected chi connectivity index (χ1v) is 4.03. The van der Waals surface area contributed by atoms with Gasteiger partial charge in [-0.15, -0.1) is 0 Å². The van der Waals surface area contributed by atoms with Gasteiger partial charge in [0.15, 0.2) is 0 Å². The fraction of sp³-hybridized carbons (Fsp3) is 0.250. The first-order chi connectivity index (χ1) is 6.57. The summed E-state index contributed by atoms with van der Waals surface area (Å²) in [4.78, 5) is 3.53. The molecule has 0 spiro atoms. The zero-order chi connectivity index (χ0) is 10.7. The Morgan fingerprint density at radius 2 is 2.29 bits per heavy atom. The molecule has 0 fully saturated rings. The second-order valence-corrected chi connectivity index (χ2v) is 2.90. The number of hydrogen-bond acceptors (Lipinski definition) is 3. The maximum Gasteiger partial charge on any atom is 0.268 e. The summed E-state index contributed by atoms with van der Waals surface area (Å²) in [6, 6.07) is 1.80. The molecule has 1 aromatic heterocycles. The molecule has 1 heterocycles. The third-order valence-corrected chi connectivity index (χ3v) is 1.98. The lowest BCUT2D eigenvalue weighted by Crippen LogP contribution is -2.02. The molecule has 0 radical (unpaired) electrons. The van der Waals surface area contributed by atoms with E-state index in [4.69, 9.17) is 22.6 Å². The van der Waals surface area contributed by atoms with Crippen LogP contribution in [0.4, 0.5) is 14.5 Å². The lowest BCUT2D eigenvalue weighted by Gasteiger charge is -2.08. The van der Waals surface area contributed by atoms with Crippen LogP contribution in [0.5, 0.6) is 0 Å². The molecule has 0 saturated carbocycles. The minimum absolute atomic E-state index is 0.0598. The number of nitrogen functional groups attached to an aromatic ring is 1. The number of nitrogens with zero attached hydrogens (tertiary/aromatic N) is 2. The summed E-state index contributed by atoms with van der Waals surface area (Å²) in [6.45, 7) is 0. The van der Waals surface area contributed by atoms with Crippen molar-refractivity contribution in [3.8, 4) is 6.07 Å². The highest BCUT2D eigenvalue weighted by atomic mass is 35.5.